The lowest BCUT2D eigenvalue weighted by Crippen LogP contribution is -2.39. The number of nitrogen functional groups attached to an aromatic ring is 1. The van der Waals surface area contributed by atoms with Crippen molar-refractivity contribution < 1.29 is 4.74 Å². The van der Waals surface area contributed by atoms with Crippen molar-refractivity contribution in [2.75, 3.05) is 30.3 Å². The predicted octanol–water partition coefficient (Wildman–Crippen LogP) is 1.71. The normalized spacial score (nSPS) is 19.3. The highest BCUT2D eigenvalue weighted by Crippen LogP contribution is 2.27. The number of aryl methyl sites for hydroxylation is 2. The third-order valence-electron chi connectivity index (χ3n) is 3.16. The van der Waals surface area contributed by atoms with E-state index in [4.69, 9.17) is 10.5 Å². The van der Waals surface area contributed by atoms with E-state index >= 15 is 0 Å². The quantitative estimate of drug-likeness (QED) is 0.907. The fraction of sp³-hybridized carbons (Fsp3) is 0.462. The molecule has 0 spiro atoms. The van der Waals surface area contributed by atoms with Gasteiger partial charge in [-0.1, -0.05) is 0 Å². The molecule has 2 aromatic rings. The molecular weight excluding hydrogens is 274 g/mol. The Balaban J connectivity index is 1.81. The van der Waals surface area contributed by atoms with Crippen molar-refractivity contribution >= 4 is 23.1 Å². The smallest absolute Gasteiger partial charge is 0.222 e. The molecule has 7 heteroatoms. The minimum absolute atomic E-state index is 0.000976. The number of anilines is 2. The number of hydrogen-bond acceptors (Lipinski definition) is 7. The maximum atomic E-state index is 5.82. The first-order valence-electron chi connectivity index (χ1n) is 6.51. The van der Waals surface area contributed by atoms with Crippen LogP contribution in [0.4, 0.5) is 11.8 Å². The van der Waals surface area contributed by atoms with Gasteiger partial charge in [-0.25, -0.2) is 9.97 Å². The Morgan fingerprint density at radius 3 is 2.85 bits per heavy atom. The Bertz CT molecular complexity index is 594. The minimum atomic E-state index is -0.000976. The fourth-order valence-corrected chi connectivity index (χ4v) is 3.10. The number of nitrogens with two attached hydrogens (primary N) is 1. The number of hydrogen-bond donors (Lipinski definition) is 1. The van der Waals surface area contributed by atoms with E-state index in [1.807, 2.05) is 25.3 Å². The lowest BCUT2D eigenvalue weighted by molar-refractivity contribution is 0.0393. The summed E-state index contributed by atoms with van der Waals surface area (Å²) < 4.78 is 5.82. The molecule has 2 N–H and O–H groups in total. The van der Waals surface area contributed by atoms with Crippen LogP contribution in [0.5, 0.6) is 0 Å². The average Bonchev–Trinajstić information content (AvgIpc) is 2.85. The highest BCUT2D eigenvalue weighted by atomic mass is 32.1. The second-order valence-electron chi connectivity index (χ2n) is 4.86. The predicted molar refractivity (Wildman–Crippen MR) is 78.9 cm³/mol. The van der Waals surface area contributed by atoms with Crippen molar-refractivity contribution in [1.82, 2.24) is 15.0 Å². The van der Waals surface area contributed by atoms with Gasteiger partial charge in [-0.05, 0) is 13.8 Å². The van der Waals surface area contributed by atoms with Gasteiger partial charge in [0.05, 0.1) is 13.2 Å². The van der Waals surface area contributed by atoms with Crippen LogP contribution in [0, 0.1) is 13.8 Å². The van der Waals surface area contributed by atoms with Gasteiger partial charge in [0, 0.05) is 29.4 Å². The molecule has 0 aromatic carbocycles. The fourth-order valence-electron chi connectivity index (χ4n) is 2.26. The van der Waals surface area contributed by atoms with Crippen LogP contribution in [0.15, 0.2) is 11.4 Å². The summed E-state index contributed by atoms with van der Waals surface area (Å²) in [5.41, 5.74) is 7.64. The van der Waals surface area contributed by atoms with Crippen LogP contribution in [-0.4, -0.2) is 34.6 Å². The molecule has 0 radical (unpaired) electrons. The van der Waals surface area contributed by atoms with E-state index < -0.39 is 0 Å². The first-order chi connectivity index (χ1) is 9.61. The summed E-state index contributed by atoms with van der Waals surface area (Å²) in [6, 6.07) is 1.95. The van der Waals surface area contributed by atoms with Crippen LogP contribution in [0.25, 0.3) is 0 Å². The second-order valence-corrected chi connectivity index (χ2v) is 5.75. The second kappa shape index (κ2) is 5.34. The van der Waals surface area contributed by atoms with Crippen molar-refractivity contribution in [2.45, 2.75) is 20.0 Å². The molecule has 1 aliphatic heterocycles. The molecule has 3 rings (SSSR count). The summed E-state index contributed by atoms with van der Waals surface area (Å²) in [6.45, 7) is 6.12. The monoisotopic (exact) mass is 291 g/mol. The molecule has 1 saturated heterocycles. The van der Waals surface area contributed by atoms with Gasteiger partial charge in [0.2, 0.25) is 5.95 Å². The summed E-state index contributed by atoms with van der Waals surface area (Å²) >= 11 is 1.64. The summed E-state index contributed by atoms with van der Waals surface area (Å²) in [4.78, 5) is 15.1. The minimum Gasteiger partial charge on any atom is -0.368 e. The Kier molecular flexibility index (Phi) is 3.54. The first kappa shape index (κ1) is 13.3. The molecule has 106 valence electrons. The molecule has 0 aliphatic carbocycles. The van der Waals surface area contributed by atoms with Crippen LogP contribution in [0.3, 0.4) is 0 Å². The molecule has 0 bridgehead atoms. The molecule has 20 heavy (non-hydrogen) atoms. The third kappa shape index (κ3) is 2.73. The van der Waals surface area contributed by atoms with Crippen molar-refractivity contribution in [1.29, 1.82) is 0 Å². The molecule has 2 aromatic heterocycles. The number of morpholine rings is 1. The SMILES string of the molecule is Cc1cc(N2CCOC(c3nc(C)cs3)C2)nc(N)n1. The summed E-state index contributed by atoms with van der Waals surface area (Å²) in [6.07, 6.45) is -0.000976. The zero-order valence-electron chi connectivity index (χ0n) is 11.5. The molecular formula is C13H17N5OS. The van der Waals surface area contributed by atoms with Crippen LogP contribution in [0.1, 0.15) is 22.5 Å². The summed E-state index contributed by atoms with van der Waals surface area (Å²) in [5.74, 6) is 1.17. The van der Waals surface area contributed by atoms with E-state index in [2.05, 4.69) is 19.9 Å². The lowest BCUT2D eigenvalue weighted by Gasteiger charge is -2.32. The summed E-state index contributed by atoms with van der Waals surface area (Å²) in [5, 5.41) is 3.07. The van der Waals surface area contributed by atoms with Crippen LogP contribution >= 0.6 is 11.3 Å². The van der Waals surface area contributed by atoms with E-state index in [1.165, 1.54) is 0 Å². The molecule has 0 saturated carbocycles. The van der Waals surface area contributed by atoms with Gasteiger partial charge < -0.3 is 15.4 Å². The maximum absolute atomic E-state index is 5.82. The molecule has 3 heterocycles. The van der Waals surface area contributed by atoms with Gasteiger partial charge in [-0.2, -0.15) is 4.98 Å². The van der Waals surface area contributed by atoms with Crippen LogP contribution in [-0.2, 0) is 4.74 Å². The Morgan fingerprint density at radius 1 is 1.30 bits per heavy atom. The van der Waals surface area contributed by atoms with Gasteiger partial charge in [-0.15, -0.1) is 11.3 Å². The first-order valence-corrected chi connectivity index (χ1v) is 7.39. The molecule has 1 aliphatic rings. The zero-order valence-corrected chi connectivity index (χ0v) is 12.4. The van der Waals surface area contributed by atoms with Gasteiger partial charge in [0.1, 0.15) is 16.9 Å². The molecule has 1 atom stereocenters. The van der Waals surface area contributed by atoms with E-state index in [0.717, 1.165) is 35.3 Å². The Morgan fingerprint density at radius 2 is 2.15 bits per heavy atom. The van der Waals surface area contributed by atoms with Gasteiger partial charge in [-0.3, -0.25) is 0 Å². The molecule has 6 nitrogen and oxygen atoms in total. The van der Waals surface area contributed by atoms with Gasteiger partial charge >= 0.3 is 0 Å². The van der Waals surface area contributed by atoms with E-state index in [1.54, 1.807) is 11.3 Å². The van der Waals surface area contributed by atoms with E-state index in [9.17, 15) is 0 Å². The molecule has 1 unspecified atom stereocenters. The summed E-state index contributed by atoms with van der Waals surface area (Å²) in [7, 11) is 0. The highest BCUT2D eigenvalue weighted by Gasteiger charge is 2.25. The van der Waals surface area contributed by atoms with Crippen molar-refractivity contribution in [3.63, 3.8) is 0 Å². The third-order valence-corrected chi connectivity index (χ3v) is 4.22. The number of thiazole rings is 1. The largest absolute Gasteiger partial charge is 0.368 e. The van der Waals surface area contributed by atoms with Crippen molar-refractivity contribution in [2.24, 2.45) is 0 Å². The Labute approximate surface area is 121 Å². The van der Waals surface area contributed by atoms with Gasteiger partial charge in [0.25, 0.3) is 0 Å². The molecule has 1 fully saturated rings. The van der Waals surface area contributed by atoms with Crippen molar-refractivity contribution in [3.8, 4) is 0 Å². The van der Waals surface area contributed by atoms with Crippen LogP contribution < -0.4 is 10.6 Å². The maximum Gasteiger partial charge on any atom is 0.222 e. The topological polar surface area (TPSA) is 77.2 Å². The lowest BCUT2D eigenvalue weighted by atomic mass is 10.2. The number of aromatic nitrogens is 3. The highest BCUT2D eigenvalue weighted by molar-refractivity contribution is 7.09. The number of ether oxygens (including phenoxy) is 1. The van der Waals surface area contributed by atoms with Crippen molar-refractivity contribution in [3.05, 3.63) is 27.8 Å². The molecule has 0 amide bonds. The standard InChI is InChI=1S/C13H17N5OS/c1-8-5-11(17-13(14)16-8)18-3-4-19-10(6-18)12-15-9(2)7-20-12/h5,7,10H,3-4,6H2,1-2H3,(H2,14,16,17). The average molecular weight is 291 g/mol. The zero-order chi connectivity index (χ0) is 14.1. The van der Waals surface area contributed by atoms with E-state index in [-0.39, 0.29) is 6.10 Å². The Hall–Kier alpha value is -1.73. The number of rotatable bonds is 2. The number of nitrogens with zero attached hydrogens (tertiary/aromatic N) is 4. The van der Waals surface area contributed by atoms with E-state index in [0.29, 0.717) is 12.6 Å². The van der Waals surface area contributed by atoms with Gasteiger partial charge in [0.15, 0.2) is 0 Å². The van der Waals surface area contributed by atoms with Crippen LogP contribution in [0.2, 0.25) is 0 Å².